The van der Waals surface area contributed by atoms with E-state index in [-0.39, 0.29) is 16.4 Å². The van der Waals surface area contributed by atoms with Gasteiger partial charge in [0, 0.05) is 11.2 Å². The maximum atomic E-state index is 12.1. The van der Waals surface area contributed by atoms with Gasteiger partial charge in [-0.2, -0.15) is 0 Å². The summed E-state index contributed by atoms with van der Waals surface area (Å²) >= 11 is 5.74. The number of aryl methyl sites for hydroxylation is 1. The van der Waals surface area contributed by atoms with Gasteiger partial charge in [-0.25, -0.2) is 13.4 Å². The van der Waals surface area contributed by atoms with Gasteiger partial charge < -0.3 is 5.73 Å². The molecule has 0 saturated carbocycles. The Hall–Kier alpha value is -1.79. The maximum Gasteiger partial charge on any atom is 0.265 e. The third-order valence-electron chi connectivity index (χ3n) is 2.41. The van der Waals surface area contributed by atoms with E-state index in [1.807, 2.05) is 6.92 Å². The number of hydrogen-bond acceptors (Lipinski definition) is 4. The van der Waals surface area contributed by atoms with Crippen LogP contribution in [0.4, 0.5) is 11.5 Å². The van der Waals surface area contributed by atoms with Crippen molar-refractivity contribution >= 4 is 33.1 Å². The van der Waals surface area contributed by atoms with Crippen molar-refractivity contribution in [2.45, 2.75) is 11.8 Å². The zero-order chi connectivity index (χ0) is 14.0. The first-order chi connectivity index (χ1) is 8.88. The number of benzene rings is 1. The highest BCUT2D eigenvalue weighted by atomic mass is 35.5. The Morgan fingerprint density at radius 3 is 2.58 bits per heavy atom. The van der Waals surface area contributed by atoms with Crippen LogP contribution in [0.2, 0.25) is 5.02 Å². The molecule has 2 rings (SSSR count). The molecule has 100 valence electrons. The van der Waals surface area contributed by atoms with E-state index in [1.165, 1.54) is 18.2 Å². The van der Waals surface area contributed by atoms with Gasteiger partial charge in [-0.05, 0) is 36.8 Å². The molecule has 0 saturated heterocycles. The molecule has 0 aliphatic carbocycles. The lowest BCUT2D eigenvalue weighted by Gasteiger charge is -2.09. The molecule has 19 heavy (non-hydrogen) atoms. The van der Waals surface area contributed by atoms with Crippen molar-refractivity contribution in [1.82, 2.24) is 4.98 Å². The Balaban J connectivity index is 2.35. The molecule has 0 aliphatic rings. The van der Waals surface area contributed by atoms with Crippen LogP contribution in [-0.4, -0.2) is 13.4 Å². The molecule has 0 amide bonds. The van der Waals surface area contributed by atoms with E-state index in [0.29, 0.717) is 5.02 Å². The van der Waals surface area contributed by atoms with Crippen molar-refractivity contribution in [3.63, 3.8) is 0 Å². The number of hydrogen-bond donors (Lipinski definition) is 2. The number of halogens is 1. The number of aromatic nitrogens is 1. The molecule has 1 heterocycles. The highest BCUT2D eigenvalue weighted by Gasteiger charge is 2.18. The Morgan fingerprint density at radius 1 is 1.26 bits per heavy atom. The molecule has 0 unspecified atom stereocenters. The SMILES string of the molecule is Cc1ccc(NS(=O)(=O)c2ccc(Cl)cc2N)nc1. The predicted molar refractivity (Wildman–Crippen MR) is 75.6 cm³/mol. The molecule has 0 radical (unpaired) electrons. The molecule has 7 heteroatoms. The van der Waals surface area contributed by atoms with Crippen LogP contribution in [0.1, 0.15) is 5.56 Å². The first-order valence-electron chi connectivity index (χ1n) is 5.39. The van der Waals surface area contributed by atoms with Crippen LogP contribution < -0.4 is 10.5 Å². The lowest BCUT2D eigenvalue weighted by atomic mass is 10.3. The fraction of sp³-hybridized carbons (Fsp3) is 0.0833. The van der Waals surface area contributed by atoms with Crippen LogP contribution in [-0.2, 0) is 10.0 Å². The number of anilines is 2. The lowest BCUT2D eigenvalue weighted by molar-refractivity contribution is 0.601. The third-order valence-corrected chi connectivity index (χ3v) is 4.08. The van der Waals surface area contributed by atoms with Crippen molar-refractivity contribution < 1.29 is 8.42 Å². The normalized spacial score (nSPS) is 11.3. The summed E-state index contributed by atoms with van der Waals surface area (Å²) in [6.07, 6.45) is 1.57. The standard InChI is InChI=1S/C12H12ClN3O2S/c1-8-2-5-12(15-7-8)16-19(17,18)11-4-3-9(13)6-10(11)14/h2-7H,14H2,1H3,(H,15,16). The average Bonchev–Trinajstić information content (AvgIpc) is 2.31. The van der Waals surface area contributed by atoms with Gasteiger partial charge in [0.2, 0.25) is 0 Å². The smallest absolute Gasteiger partial charge is 0.265 e. The Labute approximate surface area is 116 Å². The molecule has 0 bridgehead atoms. The predicted octanol–water partition coefficient (Wildman–Crippen LogP) is 2.43. The van der Waals surface area contributed by atoms with Crippen molar-refractivity contribution in [2.24, 2.45) is 0 Å². The van der Waals surface area contributed by atoms with Gasteiger partial charge in [0.15, 0.2) is 0 Å². The Kier molecular flexibility index (Phi) is 3.64. The first-order valence-corrected chi connectivity index (χ1v) is 7.25. The minimum absolute atomic E-state index is 0.0284. The summed E-state index contributed by atoms with van der Waals surface area (Å²) in [6.45, 7) is 1.86. The number of rotatable bonds is 3. The molecule has 2 aromatic rings. The van der Waals surface area contributed by atoms with E-state index in [2.05, 4.69) is 9.71 Å². The van der Waals surface area contributed by atoms with Crippen LogP contribution in [0.3, 0.4) is 0 Å². The minimum atomic E-state index is -3.77. The van der Waals surface area contributed by atoms with E-state index in [1.54, 1.807) is 18.3 Å². The maximum absolute atomic E-state index is 12.1. The number of nitrogen functional groups attached to an aromatic ring is 1. The molecule has 0 atom stereocenters. The lowest BCUT2D eigenvalue weighted by Crippen LogP contribution is -2.15. The zero-order valence-electron chi connectivity index (χ0n) is 10.1. The Morgan fingerprint density at radius 2 is 2.00 bits per heavy atom. The van der Waals surface area contributed by atoms with Gasteiger partial charge in [0.05, 0.1) is 5.69 Å². The van der Waals surface area contributed by atoms with E-state index >= 15 is 0 Å². The molecule has 1 aromatic carbocycles. The number of nitrogens with one attached hydrogen (secondary N) is 1. The van der Waals surface area contributed by atoms with Crippen molar-refractivity contribution in [3.8, 4) is 0 Å². The van der Waals surface area contributed by atoms with Gasteiger partial charge in [-0.3, -0.25) is 4.72 Å². The summed E-state index contributed by atoms with van der Waals surface area (Å²) in [6, 6.07) is 7.55. The summed E-state index contributed by atoms with van der Waals surface area (Å²) < 4.78 is 26.6. The fourth-order valence-electron chi connectivity index (χ4n) is 1.48. The average molecular weight is 298 g/mol. The van der Waals surface area contributed by atoms with Gasteiger partial charge in [0.1, 0.15) is 10.7 Å². The monoisotopic (exact) mass is 297 g/mol. The summed E-state index contributed by atoms with van der Waals surface area (Å²) in [4.78, 5) is 3.95. The molecule has 1 aromatic heterocycles. The van der Waals surface area contributed by atoms with Crippen LogP contribution in [0.15, 0.2) is 41.4 Å². The van der Waals surface area contributed by atoms with Crippen LogP contribution in [0, 0.1) is 6.92 Å². The molecular formula is C12H12ClN3O2S. The summed E-state index contributed by atoms with van der Waals surface area (Å²) in [5, 5.41) is 0.380. The second kappa shape index (κ2) is 5.07. The van der Waals surface area contributed by atoms with Gasteiger partial charge in [-0.15, -0.1) is 0 Å². The number of nitrogens with zero attached hydrogens (tertiary/aromatic N) is 1. The molecule has 0 fully saturated rings. The minimum Gasteiger partial charge on any atom is -0.398 e. The second-order valence-corrected chi connectivity index (χ2v) is 6.10. The van der Waals surface area contributed by atoms with Crippen molar-refractivity contribution in [2.75, 3.05) is 10.5 Å². The molecule has 5 nitrogen and oxygen atoms in total. The first kappa shape index (κ1) is 13.6. The van der Waals surface area contributed by atoms with Gasteiger partial charge >= 0.3 is 0 Å². The van der Waals surface area contributed by atoms with E-state index in [0.717, 1.165) is 5.56 Å². The summed E-state index contributed by atoms with van der Waals surface area (Å²) in [5.74, 6) is 0.236. The van der Waals surface area contributed by atoms with Crippen LogP contribution in [0.5, 0.6) is 0 Å². The van der Waals surface area contributed by atoms with Gasteiger partial charge in [0.25, 0.3) is 10.0 Å². The molecule has 3 N–H and O–H groups in total. The number of nitrogens with two attached hydrogens (primary N) is 1. The molecular weight excluding hydrogens is 286 g/mol. The molecule has 0 spiro atoms. The molecule has 0 aliphatic heterocycles. The number of sulfonamides is 1. The topological polar surface area (TPSA) is 85.1 Å². The summed E-state index contributed by atoms with van der Waals surface area (Å²) in [7, 11) is -3.77. The highest BCUT2D eigenvalue weighted by molar-refractivity contribution is 7.92. The van der Waals surface area contributed by atoms with E-state index in [4.69, 9.17) is 17.3 Å². The van der Waals surface area contributed by atoms with Crippen LogP contribution >= 0.6 is 11.6 Å². The van der Waals surface area contributed by atoms with E-state index in [9.17, 15) is 8.42 Å². The van der Waals surface area contributed by atoms with Crippen LogP contribution in [0.25, 0.3) is 0 Å². The zero-order valence-corrected chi connectivity index (χ0v) is 11.7. The largest absolute Gasteiger partial charge is 0.398 e. The van der Waals surface area contributed by atoms with Crippen molar-refractivity contribution in [1.29, 1.82) is 0 Å². The quantitative estimate of drug-likeness (QED) is 0.852. The van der Waals surface area contributed by atoms with E-state index < -0.39 is 10.0 Å². The third kappa shape index (κ3) is 3.15. The fourth-order valence-corrected chi connectivity index (χ4v) is 2.79. The highest BCUT2D eigenvalue weighted by Crippen LogP contribution is 2.24. The van der Waals surface area contributed by atoms with Gasteiger partial charge in [-0.1, -0.05) is 17.7 Å². The van der Waals surface area contributed by atoms with Crippen molar-refractivity contribution in [3.05, 3.63) is 47.1 Å². The second-order valence-electron chi connectivity index (χ2n) is 4.01. The number of pyridine rings is 1. The summed E-state index contributed by atoms with van der Waals surface area (Å²) in [5.41, 5.74) is 6.69. The Bertz CT molecular complexity index is 699.